The molecule has 3 nitrogen and oxygen atoms in total. The van der Waals surface area contributed by atoms with Gasteiger partial charge in [0, 0.05) is 9.37 Å². The van der Waals surface area contributed by atoms with Gasteiger partial charge in [-0.15, -0.1) is 11.8 Å². The molecule has 1 aromatic rings. The Morgan fingerprint density at radius 3 is 2.53 bits per heavy atom. The van der Waals surface area contributed by atoms with Gasteiger partial charge < -0.3 is 4.74 Å². The molecule has 1 rings (SSSR count). The largest absolute Gasteiger partial charge is 0.466 e. The molecule has 0 atom stereocenters. The SMILES string of the molecule is CCOC(=O)CC(=O)CSc1ccc(Br)cc1. The maximum absolute atomic E-state index is 11.4. The van der Waals surface area contributed by atoms with Crippen molar-refractivity contribution in [3.63, 3.8) is 0 Å². The van der Waals surface area contributed by atoms with E-state index >= 15 is 0 Å². The predicted octanol–water partition coefficient (Wildman–Crippen LogP) is 3.06. The number of carbonyl (C=O) groups excluding carboxylic acids is 2. The lowest BCUT2D eigenvalue weighted by Crippen LogP contribution is -2.12. The molecule has 0 aliphatic carbocycles. The molecule has 5 heteroatoms. The molecular weight excluding hydrogens is 304 g/mol. The van der Waals surface area contributed by atoms with E-state index in [1.165, 1.54) is 11.8 Å². The molecule has 0 amide bonds. The quantitative estimate of drug-likeness (QED) is 0.459. The topological polar surface area (TPSA) is 43.4 Å². The fourth-order valence-corrected chi connectivity index (χ4v) is 2.14. The van der Waals surface area contributed by atoms with Crippen LogP contribution in [0.4, 0.5) is 0 Å². The van der Waals surface area contributed by atoms with Crippen LogP contribution in [0.2, 0.25) is 0 Å². The minimum atomic E-state index is -0.450. The van der Waals surface area contributed by atoms with Crippen LogP contribution in [0.25, 0.3) is 0 Å². The molecule has 17 heavy (non-hydrogen) atoms. The number of ether oxygens (including phenoxy) is 1. The predicted molar refractivity (Wildman–Crippen MR) is 71.1 cm³/mol. The summed E-state index contributed by atoms with van der Waals surface area (Å²) in [6.07, 6.45) is -0.141. The Labute approximate surface area is 113 Å². The average Bonchev–Trinajstić information content (AvgIpc) is 2.28. The Morgan fingerprint density at radius 2 is 1.94 bits per heavy atom. The standard InChI is InChI=1S/C12H13BrO3S/c1-2-16-12(15)7-10(14)8-17-11-5-3-9(13)4-6-11/h3-6H,2,7-8H2,1H3. The second-order valence-corrected chi connectivity index (χ2v) is 5.23. The van der Waals surface area contributed by atoms with Crippen molar-refractivity contribution < 1.29 is 14.3 Å². The number of thioether (sulfide) groups is 1. The van der Waals surface area contributed by atoms with Gasteiger partial charge in [-0.25, -0.2) is 0 Å². The molecule has 0 saturated heterocycles. The third kappa shape index (κ3) is 5.89. The normalized spacial score (nSPS) is 10.0. The van der Waals surface area contributed by atoms with Gasteiger partial charge in [-0.1, -0.05) is 15.9 Å². The van der Waals surface area contributed by atoms with Crippen molar-refractivity contribution in [3.8, 4) is 0 Å². The first-order chi connectivity index (χ1) is 8.11. The maximum atomic E-state index is 11.4. The third-order valence-electron chi connectivity index (χ3n) is 1.86. The van der Waals surface area contributed by atoms with E-state index in [4.69, 9.17) is 4.74 Å². The Kier molecular flexibility index (Phi) is 6.29. The van der Waals surface area contributed by atoms with Crippen molar-refractivity contribution >= 4 is 39.4 Å². The fraction of sp³-hybridized carbons (Fsp3) is 0.333. The minimum absolute atomic E-state index is 0.114. The molecule has 92 valence electrons. The summed E-state index contributed by atoms with van der Waals surface area (Å²) >= 11 is 4.76. The van der Waals surface area contributed by atoms with E-state index in [1.807, 2.05) is 24.3 Å². The number of Topliss-reactive ketones (excluding diaryl/α,β-unsaturated/α-hetero) is 1. The second-order valence-electron chi connectivity index (χ2n) is 3.26. The maximum Gasteiger partial charge on any atom is 0.313 e. The molecule has 0 aliphatic heterocycles. The number of halogens is 1. The molecule has 0 saturated carbocycles. The average molecular weight is 317 g/mol. The molecule has 0 radical (unpaired) electrons. The first-order valence-electron chi connectivity index (χ1n) is 5.17. The lowest BCUT2D eigenvalue weighted by atomic mass is 10.3. The summed E-state index contributed by atoms with van der Waals surface area (Å²) in [6, 6.07) is 7.68. The monoisotopic (exact) mass is 316 g/mol. The molecule has 0 aliphatic rings. The zero-order chi connectivity index (χ0) is 12.7. The summed E-state index contributed by atoms with van der Waals surface area (Å²) in [4.78, 5) is 23.5. The summed E-state index contributed by atoms with van der Waals surface area (Å²) in [6.45, 7) is 2.03. The third-order valence-corrected chi connectivity index (χ3v) is 3.46. The molecular formula is C12H13BrO3S. The highest BCUT2D eigenvalue weighted by atomic mass is 79.9. The fourth-order valence-electron chi connectivity index (χ4n) is 1.12. The van der Waals surface area contributed by atoms with Gasteiger partial charge in [0.1, 0.15) is 6.42 Å². The summed E-state index contributed by atoms with van der Waals surface area (Å²) in [7, 11) is 0. The van der Waals surface area contributed by atoms with Crippen LogP contribution in [-0.2, 0) is 14.3 Å². The van der Waals surface area contributed by atoms with Crippen LogP contribution in [0.5, 0.6) is 0 Å². The molecule has 0 spiro atoms. The smallest absolute Gasteiger partial charge is 0.313 e. The first kappa shape index (κ1) is 14.3. The molecule has 0 bridgehead atoms. The lowest BCUT2D eigenvalue weighted by molar-refractivity contribution is -0.145. The summed E-state index contributed by atoms with van der Waals surface area (Å²) in [5.41, 5.74) is 0. The van der Waals surface area contributed by atoms with Crippen LogP contribution in [0.15, 0.2) is 33.6 Å². The lowest BCUT2D eigenvalue weighted by Gasteiger charge is -2.02. The van der Waals surface area contributed by atoms with Gasteiger partial charge in [-0.2, -0.15) is 0 Å². The molecule has 0 aromatic heterocycles. The van der Waals surface area contributed by atoms with E-state index in [1.54, 1.807) is 6.92 Å². The number of carbonyl (C=O) groups is 2. The Hall–Kier alpha value is -0.810. The van der Waals surface area contributed by atoms with Crippen LogP contribution < -0.4 is 0 Å². The van der Waals surface area contributed by atoms with Gasteiger partial charge in [0.15, 0.2) is 5.78 Å². The van der Waals surface area contributed by atoms with E-state index in [9.17, 15) is 9.59 Å². The van der Waals surface area contributed by atoms with Crippen molar-refractivity contribution in [1.82, 2.24) is 0 Å². The van der Waals surface area contributed by atoms with Crippen LogP contribution >= 0.6 is 27.7 Å². The van der Waals surface area contributed by atoms with E-state index in [2.05, 4.69) is 15.9 Å². The van der Waals surface area contributed by atoms with E-state index in [-0.39, 0.29) is 12.2 Å². The minimum Gasteiger partial charge on any atom is -0.466 e. The van der Waals surface area contributed by atoms with Gasteiger partial charge in [0.25, 0.3) is 0 Å². The second kappa shape index (κ2) is 7.50. The number of hydrogen-bond donors (Lipinski definition) is 0. The Morgan fingerprint density at radius 1 is 1.29 bits per heavy atom. The number of benzene rings is 1. The van der Waals surface area contributed by atoms with Crippen LogP contribution in [0.3, 0.4) is 0 Å². The number of hydrogen-bond acceptors (Lipinski definition) is 4. The number of esters is 1. The zero-order valence-electron chi connectivity index (χ0n) is 9.44. The van der Waals surface area contributed by atoms with Crippen molar-refractivity contribution in [2.75, 3.05) is 12.4 Å². The summed E-state index contributed by atoms with van der Waals surface area (Å²) in [5, 5.41) is 0. The number of ketones is 1. The first-order valence-corrected chi connectivity index (χ1v) is 6.95. The van der Waals surface area contributed by atoms with Crippen LogP contribution in [0.1, 0.15) is 13.3 Å². The van der Waals surface area contributed by atoms with E-state index in [0.717, 1.165) is 9.37 Å². The molecule has 0 N–H and O–H groups in total. The molecule has 0 unspecified atom stereocenters. The summed E-state index contributed by atoms with van der Waals surface area (Å²) in [5.74, 6) is -0.272. The van der Waals surface area contributed by atoms with Crippen LogP contribution in [0, 0.1) is 0 Å². The van der Waals surface area contributed by atoms with Crippen molar-refractivity contribution in [2.24, 2.45) is 0 Å². The highest BCUT2D eigenvalue weighted by Crippen LogP contribution is 2.20. The van der Waals surface area contributed by atoms with Crippen LogP contribution in [-0.4, -0.2) is 24.1 Å². The highest BCUT2D eigenvalue weighted by Gasteiger charge is 2.10. The van der Waals surface area contributed by atoms with Crippen molar-refractivity contribution in [1.29, 1.82) is 0 Å². The molecule has 1 aromatic carbocycles. The van der Waals surface area contributed by atoms with Gasteiger partial charge in [-0.05, 0) is 31.2 Å². The zero-order valence-corrected chi connectivity index (χ0v) is 11.8. The van der Waals surface area contributed by atoms with Crippen molar-refractivity contribution in [2.45, 2.75) is 18.2 Å². The Balaban J connectivity index is 2.33. The van der Waals surface area contributed by atoms with Gasteiger partial charge in [0.05, 0.1) is 12.4 Å². The number of rotatable bonds is 6. The van der Waals surface area contributed by atoms with E-state index < -0.39 is 5.97 Å². The summed E-state index contributed by atoms with van der Waals surface area (Å²) < 4.78 is 5.70. The van der Waals surface area contributed by atoms with Gasteiger partial charge in [-0.3, -0.25) is 9.59 Å². The Bertz CT molecular complexity index is 389. The van der Waals surface area contributed by atoms with Gasteiger partial charge >= 0.3 is 5.97 Å². The molecule has 0 heterocycles. The highest BCUT2D eigenvalue weighted by molar-refractivity contribution is 9.10. The van der Waals surface area contributed by atoms with E-state index in [0.29, 0.717) is 12.4 Å². The van der Waals surface area contributed by atoms with Crippen molar-refractivity contribution in [3.05, 3.63) is 28.7 Å². The molecule has 0 fully saturated rings. The van der Waals surface area contributed by atoms with Gasteiger partial charge in [0.2, 0.25) is 0 Å².